The van der Waals surface area contributed by atoms with Crippen LogP contribution in [-0.2, 0) is 0 Å². The summed E-state index contributed by atoms with van der Waals surface area (Å²) in [6, 6.07) is 44.4. The lowest BCUT2D eigenvalue weighted by molar-refractivity contribution is 0.672. The Balaban J connectivity index is 1.03. The number of aromatic nitrogens is 3. The summed E-state index contributed by atoms with van der Waals surface area (Å²) < 4.78 is 88.0. The minimum absolute atomic E-state index is 0.00448. The molecule has 4 nitrogen and oxygen atoms in total. The minimum atomic E-state index is -0.554. The first-order valence-corrected chi connectivity index (χ1v) is 20.2. The van der Waals surface area contributed by atoms with Crippen LogP contribution in [0.15, 0.2) is 204 Å². The fourth-order valence-corrected chi connectivity index (χ4v) is 8.95. The van der Waals surface area contributed by atoms with Crippen molar-refractivity contribution in [2.24, 2.45) is 0 Å². The summed E-state index contributed by atoms with van der Waals surface area (Å²) in [4.78, 5) is 15.2. The van der Waals surface area contributed by atoms with Gasteiger partial charge in [-0.2, -0.15) is 0 Å². The van der Waals surface area contributed by atoms with Crippen LogP contribution >= 0.6 is 11.3 Å². The number of thiophene rings is 1. The van der Waals surface area contributed by atoms with Gasteiger partial charge in [-0.25, -0.2) is 15.0 Å². The van der Waals surface area contributed by atoms with Gasteiger partial charge in [0.25, 0.3) is 0 Å². The highest BCUT2D eigenvalue weighted by molar-refractivity contribution is 7.25. The standard InChI is InChI=1S/C55H33N3OS/c1-3-11-34(12-4-1)37-16-9-18-41(29-37)53-56-54(58-55(57-53)43-22-25-45-48-32-39(35-13-5-2-6-14-35)24-28-50(48)60-51(45)33-43)42-19-10-17-38(30-42)40-23-27-49-47(31-40)46-26-21-36-15-7-8-20-44(36)52(46)59-49/h1-33H/i7D,8D,15D,20D,21D,23D,26D,27D,31D. The molecule has 0 fully saturated rings. The van der Waals surface area contributed by atoms with Crippen molar-refractivity contribution in [3.05, 3.63) is 200 Å². The van der Waals surface area contributed by atoms with Gasteiger partial charge in [-0.3, -0.25) is 0 Å². The first-order chi connectivity index (χ1) is 33.4. The van der Waals surface area contributed by atoms with Gasteiger partial charge in [0, 0.05) is 53.0 Å². The average Bonchev–Trinajstić information content (AvgIpc) is 3.97. The van der Waals surface area contributed by atoms with Crippen molar-refractivity contribution < 1.29 is 16.8 Å². The van der Waals surface area contributed by atoms with Crippen LogP contribution in [0.3, 0.4) is 0 Å². The maximum absolute atomic E-state index is 9.58. The van der Waals surface area contributed by atoms with Crippen molar-refractivity contribution in [3.8, 4) is 67.5 Å². The molecule has 0 aliphatic carbocycles. The maximum atomic E-state index is 9.58. The largest absolute Gasteiger partial charge is 0.455 e. The van der Waals surface area contributed by atoms with E-state index in [-0.39, 0.29) is 56.4 Å². The van der Waals surface area contributed by atoms with Gasteiger partial charge < -0.3 is 4.42 Å². The van der Waals surface area contributed by atoms with Crippen LogP contribution in [0.1, 0.15) is 12.3 Å². The summed E-state index contributed by atoms with van der Waals surface area (Å²) in [5, 5.41) is 1.92. The SMILES string of the molecule is [2H]c1c(-c2cccc(-c3nc(-c4cccc(-c5ccccc5)c4)nc(-c4ccc5c(c4)sc4ccc(-c6ccccc6)cc45)n3)c2)c([2H])c2c(oc3c4c([2H])c([2H])c([2H])c([2H])c4c([2H])c([2H])c32)c1[2H]. The topological polar surface area (TPSA) is 51.8 Å². The van der Waals surface area contributed by atoms with Gasteiger partial charge in [0.05, 0.1) is 12.3 Å². The first kappa shape index (κ1) is 26.3. The van der Waals surface area contributed by atoms with E-state index in [9.17, 15) is 2.74 Å². The van der Waals surface area contributed by atoms with Crippen molar-refractivity contribution in [2.75, 3.05) is 0 Å². The van der Waals surface area contributed by atoms with Crippen LogP contribution in [0.4, 0.5) is 0 Å². The Morgan fingerprint density at radius 2 is 0.983 bits per heavy atom. The van der Waals surface area contributed by atoms with E-state index in [4.69, 9.17) is 29.0 Å². The van der Waals surface area contributed by atoms with E-state index in [0.29, 0.717) is 28.6 Å². The quantitative estimate of drug-likeness (QED) is 0.168. The molecule has 0 aliphatic heterocycles. The summed E-state index contributed by atoms with van der Waals surface area (Å²) in [5.74, 6) is 1.21. The molecule has 0 saturated carbocycles. The molecule has 0 N–H and O–H groups in total. The molecule has 0 aliphatic rings. The van der Waals surface area contributed by atoms with E-state index in [1.165, 1.54) is 0 Å². The summed E-state index contributed by atoms with van der Waals surface area (Å²) in [6.45, 7) is 0. The third-order valence-corrected chi connectivity index (χ3v) is 11.9. The fourth-order valence-electron chi connectivity index (χ4n) is 7.83. The molecule has 0 radical (unpaired) electrons. The number of rotatable bonds is 6. The third kappa shape index (κ3) is 5.95. The molecular weight excluding hydrogens is 751 g/mol. The Morgan fingerprint density at radius 1 is 0.383 bits per heavy atom. The van der Waals surface area contributed by atoms with Gasteiger partial charge in [-0.1, -0.05) is 152 Å². The Labute approximate surface area is 362 Å². The molecule has 5 heteroatoms. The normalized spacial score (nSPS) is 13.8. The molecule has 12 rings (SSSR count). The predicted molar refractivity (Wildman–Crippen MR) is 250 cm³/mol. The molecule has 0 saturated heterocycles. The smallest absolute Gasteiger partial charge is 0.164 e. The Kier molecular flexibility index (Phi) is 6.13. The number of hydrogen-bond donors (Lipinski definition) is 0. The van der Waals surface area contributed by atoms with Gasteiger partial charge >= 0.3 is 0 Å². The molecule has 12 aromatic rings. The number of benzene rings is 9. The van der Waals surface area contributed by atoms with Crippen molar-refractivity contribution in [1.82, 2.24) is 15.0 Å². The lowest BCUT2D eigenvalue weighted by Crippen LogP contribution is -2.00. The van der Waals surface area contributed by atoms with Crippen LogP contribution in [0.25, 0.3) is 120 Å². The van der Waals surface area contributed by atoms with Crippen molar-refractivity contribution in [1.29, 1.82) is 0 Å². The van der Waals surface area contributed by atoms with E-state index < -0.39 is 36.3 Å². The van der Waals surface area contributed by atoms with Crippen LogP contribution < -0.4 is 0 Å². The number of hydrogen-bond acceptors (Lipinski definition) is 5. The number of nitrogens with zero attached hydrogens (tertiary/aromatic N) is 3. The molecule has 9 aromatic carbocycles. The van der Waals surface area contributed by atoms with Gasteiger partial charge in [0.2, 0.25) is 0 Å². The zero-order valence-corrected chi connectivity index (χ0v) is 32.3. The molecule has 0 amide bonds. The molecular formula is C55H33N3OS. The lowest BCUT2D eigenvalue weighted by atomic mass is 9.99. The Hall–Kier alpha value is -7.73. The Morgan fingerprint density at radius 3 is 1.70 bits per heavy atom. The van der Waals surface area contributed by atoms with E-state index in [1.54, 1.807) is 29.5 Å². The highest BCUT2D eigenvalue weighted by atomic mass is 32.1. The van der Waals surface area contributed by atoms with Crippen molar-refractivity contribution in [2.45, 2.75) is 0 Å². The second-order valence-corrected chi connectivity index (χ2v) is 15.6. The van der Waals surface area contributed by atoms with Crippen molar-refractivity contribution >= 4 is 64.2 Å². The molecule has 0 spiro atoms. The van der Waals surface area contributed by atoms with E-state index >= 15 is 0 Å². The predicted octanol–water partition coefficient (Wildman–Crippen LogP) is 15.3. The van der Waals surface area contributed by atoms with Crippen LogP contribution in [-0.4, -0.2) is 15.0 Å². The van der Waals surface area contributed by atoms with E-state index in [0.717, 1.165) is 53.6 Å². The minimum Gasteiger partial charge on any atom is -0.455 e. The summed E-state index contributed by atoms with van der Waals surface area (Å²) >= 11 is 1.70. The second-order valence-electron chi connectivity index (χ2n) is 14.5. The van der Waals surface area contributed by atoms with Gasteiger partial charge in [-0.15, -0.1) is 11.3 Å². The maximum Gasteiger partial charge on any atom is 0.164 e. The van der Waals surface area contributed by atoms with Gasteiger partial charge in [0.1, 0.15) is 11.2 Å². The molecule has 3 heterocycles. The molecule has 280 valence electrons. The fraction of sp³-hybridized carbons (Fsp3) is 0. The van der Waals surface area contributed by atoms with Crippen LogP contribution in [0, 0.1) is 0 Å². The van der Waals surface area contributed by atoms with E-state index in [2.05, 4.69) is 42.5 Å². The lowest BCUT2D eigenvalue weighted by Gasteiger charge is -2.11. The third-order valence-electron chi connectivity index (χ3n) is 10.8. The Bertz CT molecular complexity index is 4140. The molecule has 0 atom stereocenters. The highest BCUT2D eigenvalue weighted by Gasteiger charge is 2.17. The van der Waals surface area contributed by atoms with E-state index in [1.807, 2.05) is 84.9 Å². The summed E-state index contributed by atoms with van der Waals surface area (Å²) in [6.07, 6.45) is 0. The molecule has 3 aromatic heterocycles. The summed E-state index contributed by atoms with van der Waals surface area (Å²) in [5.41, 5.74) is 6.53. The highest BCUT2D eigenvalue weighted by Crippen LogP contribution is 2.40. The molecule has 0 bridgehead atoms. The van der Waals surface area contributed by atoms with Gasteiger partial charge in [0.15, 0.2) is 17.5 Å². The van der Waals surface area contributed by atoms with Crippen LogP contribution in [0.5, 0.6) is 0 Å². The number of fused-ring (bicyclic) bond motifs is 8. The molecule has 60 heavy (non-hydrogen) atoms. The van der Waals surface area contributed by atoms with Gasteiger partial charge in [-0.05, 0) is 87.2 Å². The summed E-state index contributed by atoms with van der Waals surface area (Å²) in [7, 11) is 0. The monoisotopic (exact) mass is 792 g/mol. The zero-order chi connectivity index (χ0) is 47.4. The zero-order valence-electron chi connectivity index (χ0n) is 40.5. The molecule has 0 unspecified atom stereocenters. The second kappa shape index (κ2) is 14.0. The first-order valence-electron chi connectivity index (χ1n) is 23.8. The average molecular weight is 793 g/mol. The van der Waals surface area contributed by atoms with Crippen molar-refractivity contribution in [3.63, 3.8) is 0 Å². The van der Waals surface area contributed by atoms with Crippen LogP contribution in [0.2, 0.25) is 0 Å². The number of furan rings is 1.